The van der Waals surface area contributed by atoms with E-state index in [1.807, 2.05) is 56.3 Å². The second kappa shape index (κ2) is 8.42. The number of rotatable bonds is 5. The number of nitrogens with zero attached hydrogens (tertiary/aromatic N) is 1. The molecule has 0 atom stereocenters. The number of carbonyl (C=O) groups is 1. The number of anilines is 1. The number of ether oxygens (including phenoxy) is 1. The van der Waals surface area contributed by atoms with Crippen LogP contribution in [0.2, 0.25) is 0 Å². The zero-order chi connectivity index (χ0) is 19.6. The van der Waals surface area contributed by atoms with Gasteiger partial charge in [-0.2, -0.15) is 0 Å². The zero-order valence-corrected chi connectivity index (χ0v) is 18.2. The van der Waals surface area contributed by atoms with E-state index >= 15 is 0 Å². The smallest absolute Gasteiger partial charge is 0.270 e. The van der Waals surface area contributed by atoms with Gasteiger partial charge in [0, 0.05) is 10.0 Å². The number of thioether (sulfide) groups is 1. The lowest BCUT2D eigenvalue weighted by atomic mass is 10.1. The minimum atomic E-state index is -0.122. The molecule has 2 aromatic rings. The van der Waals surface area contributed by atoms with Crippen molar-refractivity contribution >= 4 is 61.9 Å². The van der Waals surface area contributed by atoms with Crippen molar-refractivity contribution in [2.24, 2.45) is 0 Å². The van der Waals surface area contributed by atoms with Crippen LogP contribution in [0.4, 0.5) is 5.69 Å². The van der Waals surface area contributed by atoms with Gasteiger partial charge in [-0.15, -0.1) is 0 Å². The molecule has 138 valence electrons. The van der Waals surface area contributed by atoms with Crippen molar-refractivity contribution in [3.63, 3.8) is 0 Å². The third kappa shape index (κ3) is 4.34. The SMILES string of the molecule is C=CCOc1ccc(Br)cc1/C=C1/SC(=S)N(c2ccc(C)c(C)c2)C1=O. The molecule has 27 heavy (non-hydrogen) atoms. The fourth-order valence-corrected chi connectivity index (χ4v) is 4.28. The Kier molecular flexibility index (Phi) is 6.19. The number of benzene rings is 2. The lowest BCUT2D eigenvalue weighted by Crippen LogP contribution is -2.27. The van der Waals surface area contributed by atoms with E-state index in [4.69, 9.17) is 17.0 Å². The number of halogens is 1. The molecule has 3 nitrogen and oxygen atoms in total. The first-order valence-electron chi connectivity index (χ1n) is 8.29. The van der Waals surface area contributed by atoms with Gasteiger partial charge in [0.15, 0.2) is 4.32 Å². The van der Waals surface area contributed by atoms with Gasteiger partial charge in [-0.3, -0.25) is 9.69 Å². The summed E-state index contributed by atoms with van der Waals surface area (Å²) in [5.74, 6) is 0.567. The lowest BCUT2D eigenvalue weighted by Gasteiger charge is -2.16. The van der Waals surface area contributed by atoms with Crippen LogP contribution in [-0.4, -0.2) is 16.8 Å². The van der Waals surface area contributed by atoms with Gasteiger partial charge in [0.25, 0.3) is 5.91 Å². The van der Waals surface area contributed by atoms with Crippen LogP contribution in [0.5, 0.6) is 5.75 Å². The van der Waals surface area contributed by atoms with Crippen molar-refractivity contribution in [1.82, 2.24) is 0 Å². The van der Waals surface area contributed by atoms with Crippen molar-refractivity contribution < 1.29 is 9.53 Å². The predicted octanol–water partition coefficient (Wildman–Crippen LogP) is 6.04. The summed E-state index contributed by atoms with van der Waals surface area (Å²) in [6, 6.07) is 11.6. The summed E-state index contributed by atoms with van der Waals surface area (Å²) in [4.78, 5) is 15.2. The van der Waals surface area contributed by atoms with Crippen molar-refractivity contribution in [2.75, 3.05) is 11.5 Å². The Bertz CT molecular complexity index is 969. The molecule has 1 aliphatic heterocycles. The number of thiocarbonyl (C=S) groups is 1. The Balaban J connectivity index is 1.96. The zero-order valence-electron chi connectivity index (χ0n) is 15.0. The Labute approximate surface area is 177 Å². The van der Waals surface area contributed by atoms with Crippen molar-refractivity contribution in [3.05, 3.63) is 75.1 Å². The largest absolute Gasteiger partial charge is 0.489 e. The highest BCUT2D eigenvalue weighted by atomic mass is 79.9. The quantitative estimate of drug-likeness (QED) is 0.309. The summed E-state index contributed by atoms with van der Waals surface area (Å²) in [7, 11) is 0. The van der Waals surface area contributed by atoms with Crippen molar-refractivity contribution in [2.45, 2.75) is 13.8 Å². The highest BCUT2D eigenvalue weighted by Gasteiger charge is 2.33. The fourth-order valence-electron chi connectivity index (χ4n) is 2.61. The first-order chi connectivity index (χ1) is 12.9. The molecule has 1 heterocycles. The van der Waals surface area contributed by atoms with E-state index in [0.29, 0.717) is 21.6 Å². The van der Waals surface area contributed by atoms with Crippen LogP contribution in [0.1, 0.15) is 16.7 Å². The standard InChI is InChI=1S/C21H18BrNO2S2/c1-4-9-25-18-8-6-16(22)11-15(18)12-19-20(24)23(21(26)27-19)17-7-5-13(2)14(3)10-17/h4-8,10-12H,1,9H2,2-3H3/b19-12+. The van der Waals surface area contributed by atoms with Crippen LogP contribution >= 0.6 is 39.9 Å². The normalized spacial score (nSPS) is 15.5. The van der Waals surface area contributed by atoms with Gasteiger partial charge in [0.05, 0.1) is 10.6 Å². The highest BCUT2D eigenvalue weighted by molar-refractivity contribution is 9.10. The van der Waals surface area contributed by atoms with E-state index in [1.54, 1.807) is 11.0 Å². The minimum absolute atomic E-state index is 0.122. The number of aryl methyl sites for hydroxylation is 2. The van der Waals surface area contributed by atoms with Gasteiger partial charge in [-0.25, -0.2) is 0 Å². The van der Waals surface area contributed by atoms with Gasteiger partial charge >= 0.3 is 0 Å². The summed E-state index contributed by atoms with van der Waals surface area (Å²) in [6.07, 6.45) is 3.51. The second-order valence-electron chi connectivity index (χ2n) is 6.07. The van der Waals surface area contributed by atoms with E-state index in [2.05, 4.69) is 22.5 Å². The Morgan fingerprint density at radius 2 is 2.00 bits per heavy atom. The molecule has 1 fully saturated rings. The predicted molar refractivity (Wildman–Crippen MR) is 121 cm³/mol. The maximum Gasteiger partial charge on any atom is 0.270 e. The van der Waals surface area contributed by atoms with E-state index in [-0.39, 0.29) is 5.91 Å². The molecular weight excluding hydrogens is 442 g/mol. The average molecular weight is 460 g/mol. The molecule has 0 bridgehead atoms. The fraction of sp³-hybridized carbons (Fsp3) is 0.143. The van der Waals surface area contributed by atoms with Crippen LogP contribution in [0.3, 0.4) is 0 Å². The molecule has 0 aliphatic carbocycles. The molecule has 1 aliphatic rings. The summed E-state index contributed by atoms with van der Waals surface area (Å²) in [5, 5.41) is 0. The van der Waals surface area contributed by atoms with Gasteiger partial charge in [0.1, 0.15) is 12.4 Å². The van der Waals surface area contributed by atoms with Crippen molar-refractivity contribution in [1.29, 1.82) is 0 Å². The molecule has 0 spiro atoms. The maximum atomic E-state index is 13.0. The van der Waals surface area contributed by atoms with Gasteiger partial charge < -0.3 is 4.74 Å². The molecule has 1 saturated heterocycles. The summed E-state index contributed by atoms with van der Waals surface area (Å²) < 4.78 is 7.14. The van der Waals surface area contributed by atoms with E-state index in [0.717, 1.165) is 21.3 Å². The molecule has 3 rings (SSSR count). The molecule has 6 heteroatoms. The Morgan fingerprint density at radius 1 is 1.22 bits per heavy atom. The maximum absolute atomic E-state index is 13.0. The third-order valence-electron chi connectivity index (χ3n) is 4.16. The molecule has 0 radical (unpaired) electrons. The molecule has 0 saturated carbocycles. The third-order valence-corrected chi connectivity index (χ3v) is 5.95. The minimum Gasteiger partial charge on any atom is -0.489 e. The lowest BCUT2D eigenvalue weighted by molar-refractivity contribution is -0.113. The molecular formula is C21H18BrNO2S2. The van der Waals surface area contributed by atoms with Gasteiger partial charge in [-0.05, 0) is 61.4 Å². The van der Waals surface area contributed by atoms with Crippen LogP contribution in [-0.2, 0) is 4.79 Å². The summed E-state index contributed by atoms with van der Waals surface area (Å²) in [5.41, 5.74) is 3.91. The monoisotopic (exact) mass is 459 g/mol. The topological polar surface area (TPSA) is 29.5 Å². The van der Waals surface area contributed by atoms with Crippen LogP contribution in [0.15, 0.2) is 58.4 Å². The van der Waals surface area contributed by atoms with Gasteiger partial charge in [0.2, 0.25) is 0 Å². The summed E-state index contributed by atoms with van der Waals surface area (Å²) >= 11 is 10.2. The van der Waals surface area contributed by atoms with E-state index in [9.17, 15) is 4.79 Å². The van der Waals surface area contributed by atoms with Crippen molar-refractivity contribution in [3.8, 4) is 5.75 Å². The Morgan fingerprint density at radius 3 is 2.70 bits per heavy atom. The van der Waals surface area contributed by atoms with Gasteiger partial charge in [-0.1, -0.05) is 58.6 Å². The highest BCUT2D eigenvalue weighted by Crippen LogP contribution is 2.38. The Hall–Kier alpha value is -1.89. The average Bonchev–Trinajstić information content (AvgIpc) is 2.90. The molecule has 1 amide bonds. The van der Waals surface area contributed by atoms with E-state index in [1.165, 1.54) is 17.3 Å². The number of hydrogen-bond donors (Lipinski definition) is 0. The first-order valence-corrected chi connectivity index (χ1v) is 10.3. The first kappa shape index (κ1) is 19.9. The van der Waals surface area contributed by atoms with Crippen LogP contribution in [0.25, 0.3) is 6.08 Å². The second-order valence-corrected chi connectivity index (χ2v) is 8.66. The summed E-state index contributed by atoms with van der Waals surface area (Å²) in [6.45, 7) is 8.14. The van der Waals surface area contributed by atoms with Crippen LogP contribution in [0, 0.1) is 13.8 Å². The number of carbonyl (C=O) groups excluding carboxylic acids is 1. The molecule has 0 unspecified atom stereocenters. The molecule has 2 aromatic carbocycles. The molecule has 0 aromatic heterocycles. The molecule has 0 N–H and O–H groups in total. The van der Waals surface area contributed by atoms with E-state index < -0.39 is 0 Å². The number of amides is 1. The van der Waals surface area contributed by atoms with Crippen LogP contribution < -0.4 is 9.64 Å². The number of hydrogen-bond acceptors (Lipinski definition) is 4.